The number of hydrazine groups is 1. The molecule has 0 aliphatic carbocycles. The van der Waals surface area contributed by atoms with Crippen LogP contribution in [0.5, 0.6) is 0 Å². The molecule has 0 saturated heterocycles. The van der Waals surface area contributed by atoms with E-state index in [0.717, 1.165) is 18.8 Å². The van der Waals surface area contributed by atoms with Gasteiger partial charge in [0.2, 0.25) is 12.3 Å². The third-order valence-electron chi connectivity index (χ3n) is 4.75. The second-order valence-corrected chi connectivity index (χ2v) is 8.47. The molecule has 0 spiro atoms. The van der Waals surface area contributed by atoms with Gasteiger partial charge >= 0.3 is 5.97 Å². The molecule has 0 aliphatic heterocycles. The second-order valence-electron chi connectivity index (χ2n) is 7.60. The highest BCUT2D eigenvalue weighted by Crippen LogP contribution is 2.29. The van der Waals surface area contributed by atoms with Gasteiger partial charge in [-0.1, -0.05) is 55.5 Å². The average Bonchev–Trinajstić information content (AvgIpc) is 2.78. The van der Waals surface area contributed by atoms with Crippen LogP contribution in [0.2, 0.25) is 10.0 Å². The maximum absolute atomic E-state index is 11.5. The molecule has 4 N–H and O–H groups in total. The largest absolute Gasteiger partial charge is 0.481 e. The first-order valence-corrected chi connectivity index (χ1v) is 12.0. The van der Waals surface area contributed by atoms with Gasteiger partial charge in [-0.3, -0.25) is 30.2 Å². The average molecular weight is 515 g/mol. The number of amidine groups is 1. The van der Waals surface area contributed by atoms with Crippen LogP contribution in [0.3, 0.4) is 0 Å². The van der Waals surface area contributed by atoms with Crippen LogP contribution in [0.4, 0.5) is 0 Å². The van der Waals surface area contributed by atoms with Gasteiger partial charge in [0.05, 0.1) is 6.42 Å². The number of carboxylic acid groups (broad SMARTS) is 1. The maximum atomic E-state index is 11.5. The van der Waals surface area contributed by atoms with Gasteiger partial charge in [-0.15, -0.1) is 0 Å². The molecule has 190 valence electrons. The molecule has 0 bridgehead atoms. The van der Waals surface area contributed by atoms with Gasteiger partial charge in [0, 0.05) is 36.0 Å². The summed E-state index contributed by atoms with van der Waals surface area (Å²) in [6.45, 7) is 7.55. The summed E-state index contributed by atoms with van der Waals surface area (Å²) in [6.07, 6.45) is 6.94. The number of allylic oxidation sites excluding steroid dienone is 1. The number of nitrogens with one attached hydrogen (secondary N) is 3. The van der Waals surface area contributed by atoms with Gasteiger partial charge in [-0.2, -0.15) is 0 Å². The zero-order valence-corrected chi connectivity index (χ0v) is 21.8. The lowest BCUT2D eigenvalue weighted by Crippen LogP contribution is -2.37. The van der Waals surface area contributed by atoms with Crippen LogP contribution in [0.15, 0.2) is 34.8 Å². The van der Waals surface area contributed by atoms with Crippen molar-refractivity contribution in [2.75, 3.05) is 13.6 Å². The molecule has 1 atom stereocenters. The van der Waals surface area contributed by atoms with Crippen molar-refractivity contribution in [2.24, 2.45) is 4.99 Å². The molecule has 8 nitrogen and oxygen atoms in total. The molecule has 0 aliphatic rings. The van der Waals surface area contributed by atoms with E-state index in [4.69, 9.17) is 28.3 Å². The fourth-order valence-corrected chi connectivity index (χ4v) is 3.38. The van der Waals surface area contributed by atoms with Crippen molar-refractivity contribution in [1.82, 2.24) is 16.2 Å². The van der Waals surface area contributed by atoms with Crippen LogP contribution in [-0.2, 0) is 14.4 Å². The van der Waals surface area contributed by atoms with E-state index in [1.54, 1.807) is 12.1 Å². The van der Waals surface area contributed by atoms with E-state index in [9.17, 15) is 14.4 Å². The fraction of sp³-hybridized carbons (Fsp3) is 0.500. The van der Waals surface area contributed by atoms with E-state index in [1.165, 1.54) is 30.9 Å². The van der Waals surface area contributed by atoms with E-state index in [2.05, 4.69) is 42.6 Å². The maximum Gasteiger partial charge on any atom is 0.303 e. The van der Waals surface area contributed by atoms with E-state index in [0.29, 0.717) is 22.0 Å². The SMILES string of the molecule is CCCCCNC(/C=C(\C)CC)=NC.O=CNNC(=O)CC(CC(=O)O)c1cc(Cl)cc(Cl)c1. The van der Waals surface area contributed by atoms with Crippen LogP contribution >= 0.6 is 23.2 Å². The zero-order chi connectivity index (χ0) is 25.9. The van der Waals surface area contributed by atoms with Crippen LogP contribution < -0.4 is 16.2 Å². The Morgan fingerprint density at radius 2 is 1.76 bits per heavy atom. The Balaban J connectivity index is 0.000000686. The quantitative estimate of drug-likeness (QED) is 0.0983. The first-order valence-electron chi connectivity index (χ1n) is 11.2. The lowest BCUT2D eigenvalue weighted by atomic mass is 9.92. The summed E-state index contributed by atoms with van der Waals surface area (Å²) in [5, 5.41) is 13.0. The number of unbranched alkanes of at least 4 members (excludes halogenated alkanes) is 2. The van der Waals surface area contributed by atoms with Crippen LogP contribution in [-0.4, -0.2) is 42.8 Å². The highest BCUT2D eigenvalue weighted by Gasteiger charge is 2.20. The molecule has 1 unspecified atom stereocenters. The number of aliphatic carboxylic acids is 1. The van der Waals surface area contributed by atoms with Gasteiger partial charge in [0.1, 0.15) is 5.84 Å². The molecule has 0 radical (unpaired) electrons. The van der Waals surface area contributed by atoms with Crippen LogP contribution in [0.1, 0.15) is 70.8 Å². The molecule has 2 amide bonds. The first kappa shape index (κ1) is 31.4. The number of carboxylic acids is 1. The van der Waals surface area contributed by atoms with E-state index < -0.39 is 17.8 Å². The minimum atomic E-state index is -1.05. The minimum absolute atomic E-state index is 0.121. The van der Waals surface area contributed by atoms with E-state index in [1.807, 2.05) is 12.5 Å². The van der Waals surface area contributed by atoms with Gasteiger partial charge in [0.25, 0.3) is 0 Å². The van der Waals surface area contributed by atoms with Crippen molar-refractivity contribution >= 4 is 47.3 Å². The Bertz CT molecular complexity index is 824. The summed E-state index contributed by atoms with van der Waals surface area (Å²) in [5.41, 5.74) is 6.04. The van der Waals surface area contributed by atoms with Crippen molar-refractivity contribution < 1.29 is 19.5 Å². The van der Waals surface area contributed by atoms with E-state index >= 15 is 0 Å². The summed E-state index contributed by atoms with van der Waals surface area (Å²) >= 11 is 11.7. The first-order chi connectivity index (χ1) is 16.2. The van der Waals surface area contributed by atoms with Gasteiger partial charge < -0.3 is 10.4 Å². The molecule has 10 heteroatoms. The van der Waals surface area contributed by atoms with Crippen molar-refractivity contribution in [2.45, 2.75) is 65.2 Å². The molecule has 1 aromatic rings. The van der Waals surface area contributed by atoms with Crippen LogP contribution in [0.25, 0.3) is 0 Å². The molecule has 0 aromatic heterocycles. The third kappa shape index (κ3) is 15.3. The topological polar surface area (TPSA) is 120 Å². The highest BCUT2D eigenvalue weighted by atomic mass is 35.5. The molecule has 0 fully saturated rings. The predicted molar refractivity (Wildman–Crippen MR) is 138 cm³/mol. The number of nitrogens with zero attached hydrogens (tertiary/aromatic N) is 1. The molecule has 1 rings (SSSR count). The fourth-order valence-electron chi connectivity index (χ4n) is 2.84. The number of halogens is 2. The third-order valence-corrected chi connectivity index (χ3v) is 5.18. The summed E-state index contributed by atoms with van der Waals surface area (Å²) in [4.78, 5) is 36.7. The van der Waals surface area contributed by atoms with Gasteiger partial charge in [-0.25, -0.2) is 0 Å². The second kappa shape index (κ2) is 18.8. The smallest absolute Gasteiger partial charge is 0.303 e. The Hall–Kier alpha value is -2.58. The van der Waals surface area contributed by atoms with Gasteiger partial charge in [-0.05, 0) is 49.6 Å². The monoisotopic (exact) mass is 514 g/mol. The number of amides is 2. The summed E-state index contributed by atoms with van der Waals surface area (Å²) in [6, 6.07) is 4.63. The minimum Gasteiger partial charge on any atom is -0.481 e. The van der Waals surface area contributed by atoms with Crippen molar-refractivity contribution in [1.29, 1.82) is 0 Å². The lowest BCUT2D eigenvalue weighted by molar-refractivity contribution is -0.137. The normalized spacial score (nSPS) is 12.2. The molecule has 0 saturated carbocycles. The van der Waals surface area contributed by atoms with Crippen molar-refractivity contribution in [3.8, 4) is 0 Å². The molecular formula is C24H36Cl2N4O4. The summed E-state index contributed by atoms with van der Waals surface area (Å²) in [5.74, 6) is -1.15. The Labute approximate surface area is 212 Å². The van der Waals surface area contributed by atoms with Crippen LogP contribution in [0, 0.1) is 0 Å². The summed E-state index contributed by atoms with van der Waals surface area (Å²) in [7, 11) is 1.83. The molecule has 1 aromatic carbocycles. The number of rotatable bonds is 13. The van der Waals surface area contributed by atoms with E-state index in [-0.39, 0.29) is 12.8 Å². The summed E-state index contributed by atoms with van der Waals surface area (Å²) < 4.78 is 0. The number of carbonyl (C=O) groups is 3. The van der Waals surface area contributed by atoms with Crippen molar-refractivity contribution in [3.63, 3.8) is 0 Å². The number of benzene rings is 1. The predicted octanol–water partition coefficient (Wildman–Crippen LogP) is 4.87. The standard InChI is InChI=1S/C12H12Cl2N2O4.C12H24N2/c13-9-1-7(2-10(14)5-9)8(4-12(19)20)3-11(18)16-15-6-17;1-5-7-8-9-14-12(13-4)10-11(3)6-2/h1-2,5-6,8H,3-4H2,(H,15,17)(H,16,18)(H,19,20);10H,5-9H2,1-4H3,(H,13,14)/b;11-10+. The lowest BCUT2D eigenvalue weighted by Gasteiger charge is -2.15. The molecule has 34 heavy (non-hydrogen) atoms. The van der Waals surface area contributed by atoms with Crippen molar-refractivity contribution in [3.05, 3.63) is 45.5 Å². The molecular weight excluding hydrogens is 479 g/mol. The number of aliphatic imine (C=N–C) groups is 1. The molecule has 0 heterocycles. The highest BCUT2D eigenvalue weighted by molar-refractivity contribution is 6.34. The van der Waals surface area contributed by atoms with Gasteiger partial charge in [0.15, 0.2) is 0 Å². The number of hydrogen-bond acceptors (Lipinski definition) is 4. The number of carbonyl (C=O) groups excluding carboxylic acids is 2. The Morgan fingerprint density at radius 1 is 1.12 bits per heavy atom. The number of hydrogen-bond donors (Lipinski definition) is 4. The Kier molecular flexibility index (Phi) is 17.4. The zero-order valence-electron chi connectivity index (χ0n) is 20.3. The Morgan fingerprint density at radius 3 is 2.26 bits per heavy atom.